The fourth-order valence-corrected chi connectivity index (χ4v) is 3.94. The van der Waals surface area contributed by atoms with Gasteiger partial charge in [0.15, 0.2) is 0 Å². The quantitative estimate of drug-likeness (QED) is 0.502. The van der Waals surface area contributed by atoms with Gasteiger partial charge < -0.3 is 5.32 Å². The lowest BCUT2D eigenvalue weighted by Gasteiger charge is -2.15. The minimum Gasteiger partial charge on any atom is -0.369 e. The minimum absolute atomic E-state index is 0.00259. The molecule has 0 unspecified atom stereocenters. The third-order valence-electron chi connectivity index (χ3n) is 4.34. The van der Waals surface area contributed by atoms with Crippen molar-refractivity contribution in [1.29, 1.82) is 0 Å². The van der Waals surface area contributed by atoms with Crippen molar-refractivity contribution in [3.8, 4) is 16.9 Å². The number of halogens is 6. The Bertz CT molecular complexity index is 1020. The molecule has 1 aliphatic rings. The number of rotatable bonds is 2. The van der Waals surface area contributed by atoms with E-state index >= 15 is 0 Å². The zero-order valence-corrected chi connectivity index (χ0v) is 15.8. The number of aromatic nitrogens is 2. The van der Waals surface area contributed by atoms with Gasteiger partial charge in [0.05, 0.1) is 21.3 Å². The molecule has 3 nitrogen and oxygen atoms in total. The normalized spacial score (nSPS) is 13.6. The third kappa shape index (κ3) is 3.16. The number of fused-ring (bicyclic) bond motifs is 1. The van der Waals surface area contributed by atoms with Gasteiger partial charge in [-0.15, -0.1) is 0 Å². The van der Waals surface area contributed by atoms with Crippen molar-refractivity contribution in [3.05, 3.63) is 62.6 Å². The van der Waals surface area contributed by atoms with E-state index in [0.29, 0.717) is 40.1 Å². The zero-order valence-electron chi connectivity index (χ0n) is 13.5. The summed E-state index contributed by atoms with van der Waals surface area (Å²) in [7, 11) is 0. The molecule has 0 fully saturated rings. The maximum Gasteiger partial charge on any atom is 0.418 e. The van der Waals surface area contributed by atoms with Crippen molar-refractivity contribution in [2.24, 2.45) is 0 Å². The third-order valence-corrected chi connectivity index (χ3v) is 5.21. The molecule has 0 aliphatic carbocycles. The van der Waals surface area contributed by atoms with E-state index in [1.807, 2.05) is 0 Å². The van der Waals surface area contributed by atoms with Gasteiger partial charge in [-0.3, -0.25) is 0 Å². The van der Waals surface area contributed by atoms with E-state index in [9.17, 15) is 13.2 Å². The Morgan fingerprint density at radius 2 is 1.74 bits per heavy atom. The monoisotopic (exact) mass is 431 g/mol. The average molecular weight is 433 g/mol. The van der Waals surface area contributed by atoms with Crippen LogP contribution in [0.25, 0.3) is 16.9 Å². The van der Waals surface area contributed by atoms with E-state index in [4.69, 9.17) is 34.8 Å². The molecule has 0 atom stereocenters. The lowest BCUT2D eigenvalue weighted by molar-refractivity contribution is -0.137. The first-order chi connectivity index (χ1) is 12.8. The summed E-state index contributed by atoms with van der Waals surface area (Å²) in [6.07, 6.45) is -3.99. The number of anilines is 1. The highest BCUT2D eigenvalue weighted by Gasteiger charge is 2.36. The van der Waals surface area contributed by atoms with E-state index in [-0.39, 0.29) is 10.7 Å². The Labute approximate surface area is 167 Å². The topological polar surface area (TPSA) is 29.9 Å². The highest BCUT2D eigenvalue weighted by atomic mass is 35.5. The first kappa shape index (κ1) is 18.5. The SMILES string of the molecule is FC(F)(F)c1cc(Cl)ccc1-n1nc(-c2c(Cl)cccc2Cl)c2c1NCC2. The Morgan fingerprint density at radius 3 is 2.41 bits per heavy atom. The van der Waals surface area contributed by atoms with Crippen LogP contribution in [0, 0.1) is 0 Å². The van der Waals surface area contributed by atoms with Gasteiger partial charge >= 0.3 is 6.18 Å². The first-order valence-electron chi connectivity index (χ1n) is 7.94. The number of nitrogens with zero attached hydrogens (tertiary/aromatic N) is 2. The molecule has 1 aliphatic heterocycles. The standard InChI is InChI=1S/C18H11Cl3F3N3/c19-9-4-5-14(11(8-9)18(22,23)24)27-17-10(6-7-25-17)16(26-27)15-12(20)2-1-3-13(15)21/h1-5,8,25H,6-7H2. The summed E-state index contributed by atoms with van der Waals surface area (Å²) in [5.74, 6) is 0.494. The molecule has 2 aromatic carbocycles. The van der Waals surface area contributed by atoms with Crippen LogP contribution >= 0.6 is 34.8 Å². The van der Waals surface area contributed by atoms with Gasteiger partial charge in [-0.05, 0) is 36.8 Å². The van der Waals surface area contributed by atoms with Gasteiger partial charge in [0, 0.05) is 22.7 Å². The Balaban J connectivity index is 1.98. The second-order valence-corrected chi connectivity index (χ2v) is 7.27. The molecule has 2 heterocycles. The molecule has 1 aromatic heterocycles. The van der Waals surface area contributed by atoms with E-state index in [0.717, 1.165) is 11.6 Å². The van der Waals surface area contributed by atoms with E-state index in [2.05, 4.69) is 10.4 Å². The molecular weight excluding hydrogens is 422 g/mol. The Kier molecular flexibility index (Phi) is 4.53. The number of hydrogen-bond donors (Lipinski definition) is 1. The summed E-state index contributed by atoms with van der Waals surface area (Å²) in [5, 5.41) is 8.31. The number of hydrogen-bond acceptors (Lipinski definition) is 2. The van der Waals surface area contributed by atoms with Crippen molar-refractivity contribution in [3.63, 3.8) is 0 Å². The van der Waals surface area contributed by atoms with Gasteiger partial charge in [-0.1, -0.05) is 40.9 Å². The molecule has 0 bridgehead atoms. The van der Waals surface area contributed by atoms with Crippen molar-refractivity contribution < 1.29 is 13.2 Å². The van der Waals surface area contributed by atoms with Crippen molar-refractivity contribution in [1.82, 2.24) is 9.78 Å². The van der Waals surface area contributed by atoms with Gasteiger partial charge in [-0.2, -0.15) is 18.3 Å². The summed E-state index contributed by atoms with van der Waals surface area (Å²) in [6, 6.07) is 8.63. The average Bonchev–Trinajstić information content (AvgIpc) is 3.18. The molecule has 0 spiro atoms. The van der Waals surface area contributed by atoms with Crippen molar-refractivity contribution in [2.75, 3.05) is 11.9 Å². The molecule has 27 heavy (non-hydrogen) atoms. The van der Waals surface area contributed by atoms with Crippen LogP contribution in [-0.2, 0) is 12.6 Å². The van der Waals surface area contributed by atoms with Gasteiger partial charge in [0.2, 0.25) is 0 Å². The minimum atomic E-state index is -4.58. The van der Waals surface area contributed by atoms with Gasteiger partial charge in [0.25, 0.3) is 0 Å². The van der Waals surface area contributed by atoms with Crippen LogP contribution in [0.1, 0.15) is 11.1 Å². The highest BCUT2D eigenvalue weighted by Crippen LogP contribution is 2.43. The van der Waals surface area contributed by atoms with E-state index in [1.165, 1.54) is 16.8 Å². The van der Waals surface area contributed by atoms with Crippen LogP contribution in [0.3, 0.4) is 0 Å². The van der Waals surface area contributed by atoms with Crippen molar-refractivity contribution in [2.45, 2.75) is 12.6 Å². The predicted octanol–water partition coefficient (Wildman–Crippen LogP) is 6.49. The number of benzene rings is 2. The molecule has 3 aromatic rings. The highest BCUT2D eigenvalue weighted by molar-refractivity contribution is 6.39. The fourth-order valence-electron chi connectivity index (χ4n) is 3.19. The Morgan fingerprint density at radius 1 is 1.04 bits per heavy atom. The lowest BCUT2D eigenvalue weighted by atomic mass is 10.1. The lowest BCUT2D eigenvalue weighted by Crippen LogP contribution is -2.13. The van der Waals surface area contributed by atoms with Crippen molar-refractivity contribution >= 4 is 40.6 Å². The summed E-state index contributed by atoms with van der Waals surface area (Å²) in [5.41, 5.74) is 0.751. The van der Waals surface area contributed by atoms with Gasteiger partial charge in [0.1, 0.15) is 11.5 Å². The second-order valence-electron chi connectivity index (χ2n) is 6.02. The zero-order chi connectivity index (χ0) is 19.3. The molecule has 9 heteroatoms. The molecule has 0 amide bonds. The predicted molar refractivity (Wildman–Crippen MR) is 101 cm³/mol. The summed E-state index contributed by atoms with van der Waals surface area (Å²) < 4.78 is 41.9. The van der Waals surface area contributed by atoms with Crippen LogP contribution < -0.4 is 5.32 Å². The van der Waals surface area contributed by atoms with Crippen LogP contribution in [0.15, 0.2) is 36.4 Å². The molecule has 0 saturated carbocycles. The van der Waals surface area contributed by atoms with E-state index in [1.54, 1.807) is 18.2 Å². The maximum atomic E-state index is 13.6. The first-order valence-corrected chi connectivity index (χ1v) is 9.08. The second kappa shape index (κ2) is 6.62. The summed E-state index contributed by atoms with van der Waals surface area (Å²) in [6.45, 7) is 0.581. The van der Waals surface area contributed by atoms with E-state index < -0.39 is 11.7 Å². The fraction of sp³-hybridized carbons (Fsp3) is 0.167. The Hall–Kier alpha value is -1.89. The molecule has 0 radical (unpaired) electrons. The molecule has 0 saturated heterocycles. The smallest absolute Gasteiger partial charge is 0.369 e. The molecule has 1 N–H and O–H groups in total. The maximum absolute atomic E-state index is 13.6. The largest absolute Gasteiger partial charge is 0.418 e. The number of alkyl halides is 3. The molecular formula is C18H11Cl3F3N3. The molecule has 4 rings (SSSR count). The van der Waals surface area contributed by atoms with Crippen LogP contribution in [0.5, 0.6) is 0 Å². The number of nitrogens with one attached hydrogen (secondary N) is 1. The van der Waals surface area contributed by atoms with Crippen LogP contribution in [-0.4, -0.2) is 16.3 Å². The molecule has 140 valence electrons. The summed E-state index contributed by atoms with van der Waals surface area (Å²) >= 11 is 18.4. The van der Waals surface area contributed by atoms with Crippen LogP contribution in [0.4, 0.5) is 19.0 Å². The van der Waals surface area contributed by atoms with Gasteiger partial charge in [-0.25, -0.2) is 4.68 Å². The summed E-state index contributed by atoms with van der Waals surface area (Å²) in [4.78, 5) is 0. The van der Waals surface area contributed by atoms with Crippen LogP contribution in [0.2, 0.25) is 15.1 Å².